The number of aryl methyl sites for hydroxylation is 1. The number of methoxy groups -OCH3 is 1. The molecule has 1 aliphatic heterocycles. The molecule has 4 rings (SSSR count). The molecule has 3 aromatic rings. The zero-order valence-electron chi connectivity index (χ0n) is 23.1. The van der Waals surface area contributed by atoms with Crippen LogP contribution in [0, 0.1) is 5.82 Å². The number of hydrogen-bond donors (Lipinski definition) is 2. The highest BCUT2D eigenvalue weighted by Crippen LogP contribution is 2.38. The van der Waals surface area contributed by atoms with Gasteiger partial charge in [-0.1, -0.05) is 24.3 Å². The highest BCUT2D eigenvalue weighted by Gasteiger charge is 2.29. The second kappa shape index (κ2) is 12.6. The molecule has 0 aliphatic carbocycles. The van der Waals surface area contributed by atoms with Gasteiger partial charge in [0.15, 0.2) is 0 Å². The van der Waals surface area contributed by atoms with Crippen molar-refractivity contribution in [3.63, 3.8) is 0 Å². The van der Waals surface area contributed by atoms with E-state index in [2.05, 4.69) is 10.6 Å². The molecule has 0 aromatic heterocycles. The van der Waals surface area contributed by atoms with Crippen molar-refractivity contribution < 1.29 is 23.5 Å². The highest BCUT2D eigenvalue weighted by atomic mass is 19.1. The minimum Gasteiger partial charge on any atom is -0.469 e. The van der Waals surface area contributed by atoms with Crippen molar-refractivity contribution in [3.05, 3.63) is 89.2 Å². The zero-order valence-corrected chi connectivity index (χ0v) is 23.1. The molecule has 40 heavy (non-hydrogen) atoms. The van der Waals surface area contributed by atoms with Gasteiger partial charge < -0.3 is 25.2 Å². The lowest BCUT2D eigenvalue weighted by molar-refractivity contribution is -0.140. The monoisotopic (exact) mass is 544 g/mol. The van der Waals surface area contributed by atoms with Crippen LogP contribution in [-0.2, 0) is 25.5 Å². The van der Waals surface area contributed by atoms with Gasteiger partial charge in [0, 0.05) is 43.4 Å². The molecule has 1 heterocycles. The van der Waals surface area contributed by atoms with Crippen LogP contribution in [0.3, 0.4) is 0 Å². The molecular weight excluding hydrogens is 511 g/mol. The molecule has 0 bridgehead atoms. The minimum absolute atomic E-state index is 0.0517. The maximum absolute atomic E-state index is 13.9. The van der Waals surface area contributed by atoms with E-state index in [-0.39, 0.29) is 24.2 Å². The van der Waals surface area contributed by atoms with Gasteiger partial charge in [-0.25, -0.2) is 4.39 Å². The van der Waals surface area contributed by atoms with Gasteiger partial charge in [-0.3, -0.25) is 14.4 Å². The maximum Gasteiger partial charge on any atom is 0.305 e. The Kier molecular flexibility index (Phi) is 8.96. The van der Waals surface area contributed by atoms with Gasteiger partial charge in [-0.05, 0) is 74.1 Å². The average Bonchev–Trinajstić information content (AvgIpc) is 3.25. The van der Waals surface area contributed by atoms with E-state index in [1.165, 1.54) is 26.2 Å². The Morgan fingerprint density at radius 1 is 0.975 bits per heavy atom. The number of rotatable bonds is 10. The fourth-order valence-corrected chi connectivity index (χ4v) is 4.50. The first-order valence-corrected chi connectivity index (χ1v) is 13.0. The standard InChI is InChI=1S/C31H33FN4O4/c1-20(37)36(18-17-35(2)3)25-13-11-24(12-14-25)33-30(22-8-5-21(6-9-22)7-16-28(38)40-4)29-26-15-10-23(32)19-27(26)34-31(29)39/h5-6,8-15,19,33H,7,16-18H2,1-4H3,(H,34,39). The van der Waals surface area contributed by atoms with E-state index in [4.69, 9.17) is 4.74 Å². The van der Waals surface area contributed by atoms with Gasteiger partial charge >= 0.3 is 5.97 Å². The first-order chi connectivity index (χ1) is 19.2. The van der Waals surface area contributed by atoms with Crippen LogP contribution in [0.5, 0.6) is 0 Å². The Hall–Kier alpha value is -4.50. The molecule has 3 aromatic carbocycles. The fraction of sp³-hybridized carbons (Fsp3) is 0.258. The van der Waals surface area contributed by atoms with E-state index in [1.807, 2.05) is 67.5 Å². The summed E-state index contributed by atoms with van der Waals surface area (Å²) in [6.07, 6.45) is 0.790. The quantitative estimate of drug-likeness (QED) is 0.282. The molecule has 208 valence electrons. The summed E-state index contributed by atoms with van der Waals surface area (Å²) in [5.41, 5.74) is 5.09. The summed E-state index contributed by atoms with van der Waals surface area (Å²) in [6.45, 7) is 2.82. The number of amides is 2. The fourth-order valence-electron chi connectivity index (χ4n) is 4.50. The van der Waals surface area contributed by atoms with E-state index in [0.29, 0.717) is 41.2 Å². The first-order valence-electron chi connectivity index (χ1n) is 13.0. The van der Waals surface area contributed by atoms with E-state index in [0.717, 1.165) is 23.4 Å². The number of nitrogens with zero attached hydrogens (tertiary/aromatic N) is 2. The van der Waals surface area contributed by atoms with Gasteiger partial charge in [0.1, 0.15) is 5.82 Å². The SMILES string of the molecule is COC(=O)CCc1ccc(C(Nc2ccc(N(CCN(C)C)C(C)=O)cc2)=C2C(=O)Nc3cc(F)ccc32)cc1. The van der Waals surface area contributed by atoms with Crippen molar-refractivity contribution in [1.82, 2.24) is 4.90 Å². The molecule has 0 unspecified atom stereocenters. The number of ether oxygens (including phenoxy) is 1. The molecule has 9 heteroatoms. The number of esters is 1. The number of halogens is 1. The van der Waals surface area contributed by atoms with Crippen LogP contribution in [0.1, 0.15) is 30.0 Å². The molecule has 0 saturated carbocycles. The average molecular weight is 545 g/mol. The molecule has 0 saturated heterocycles. The predicted octanol–water partition coefficient (Wildman–Crippen LogP) is 4.78. The van der Waals surface area contributed by atoms with E-state index in [9.17, 15) is 18.8 Å². The summed E-state index contributed by atoms with van der Waals surface area (Å²) in [7, 11) is 5.27. The zero-order chi connectivity index (χ0) is 28.8. The van der Waals surface area contributed by atoms with Gasteiger partial charge in [0.25, 0.3) is 5.91 Å². The third-order valence-corrected chi connectivity index (χ3v) is 6.66. The van der Waals surface area contributed by atoms with Crippen LogP contribution in [0.25, 0.3) is 11.3 Å². The predicted molar refractivity (Wildman–Crippen MR) is 155 cm³/mol. The second-order valence-corrected chi connectivity index (χ2v) is 9.81. The number of nitrogens with one attached hydrogen (secondary N) is 2. The lowest BCUT2D eigenvalue weighted by Gasteiger charge is -2.23. The van der Waals surface area contributed by atoms with Crippen molar-refractivity contribution in [2.75, 3.05) is 49.8 Å². The third kappa shape index (κ3) is 6.73. The van der Waals surface area contributed by atoms with E-state index >= 15 is 0 Å². The first kappa shape index (κ1) is 28.5. The summed E-state index contributed by atoms with van der Waals surface area (Å²) in [5, 5.41) is 6.15. The van der Waals surface area contributed by atoms with Gasteiger partial charge in [-0.2, -0.15) is 0 Å². The summed E-state index contributed by atoms with van der Waals surface area (Å²) < 4.78 is 18.6. The molecule has 0 fully saturated rings. The van der Waals surface area contributed by atoms with Crippen molar-refractivity contribution in [2.45, 2.75) is 19.8 Å². The Balaban J connectivity index is 1.69. The van der Waals surface area contributed by atoms with Gasteiger partial charge in [0.05, 0.1) is 24.1 Å². The van der Waals surface area contributed by atoms with Crippen molar-refractivity contribution >= 4 is 46.1 Å². The topological polar surface area (TPSA) is 91.0 Å². The second-order valence-electron chi connectivity index (χ2n) is 9.81. The molecule has 1 aliphatic rings. The number of anilines is 3. The van der Waals surface area contributed by atoms with Crippen molar-refractivity contribution in [1.29, 1.82) is 0 Å². The Morgan fingerprint density at radius 3 is 2.30 bits per heavy atom. The minimum atomic E-state index is -0.440. The number of fused-ring (bicyclic) bond motifs is 1. The van der Waals surface area contributed by atoms with Gasteiger partial charge in [0.2, 0.25) is 5.91 Å². The molecule has 8 nitrogen and oxygen atoms in total. The van der Waals surface area contributed by atoms with Crippen LogP contribution in [-0.4, -0.2) is 57.0 Å². The number of likely N-dealkylation sites (N-methyl/N-ethyl adjacent to an activating group) is 1. The van der Waals surface area contributed by atoms with Crippen LogP contribution in [0.4, 0.5) is 21.5 Å². The van der Waals surface area contributed by atoms with Crippen LogP contribution in [0.15, 0.2) is 66.7 Å². The lowest BCUT2D eigenvalue weighted by atomic mass is 9.98. The lowest BCUT2D eigenvalue weighted by Crippen LogP contribution is -2.35. The van der Waals surface area contributed by atoms with Crippen molar-refractivity contribution in [3.8, 4) is 0 Å². The Bertz CT molecular complexity index is 1430. The number of benzene rings is 3. The number of carbonyl (C=O) groups is 3. The number of hydrogen-bond acceptors (Lipinski definition) is 6. The molecule has 0 atom stereocenters. The molecule has 0 spiro atoms. The van der Waals surface area contributed by atoms with E-state index < -0.39 is 5.82 Å². The summed E-state index contributed by atoms with van der Waals surface area (Å²) in [4.78, 5) is 40.7. The molecule has 2 N–H and O–H groups in total. The van der Waals surface area contributed by atoms with Crippen molar-refractivity contribution in [2.24, 2.45) is 0 Å². The highest BCUT2D eigenvalue weighted by molar-refractivity contribution is 6.37. The van der Waals surface area contributed by atoms with Crippen LogP contribution < -0.4 is 15.5 Å². The number of carbonyl (C=O) groups excluding carboxylic acids is 3. The summed E-state index contributed by atoms with van der Waals surface area (Å²) >= 11 is 0. The summed E-state index contributed by atoms with van der Waals surface area (Å²) in [6, 6.07) is 19.2. The van der Waals surface area contributed by atoms with Crippen LogP contribution in [0.2, 0.25) is 0 Å². The third-order valence-electron chi connectivity index (χ3n) is 6.66. The molecular formula is C31H33FN4O4. The normalized spacial score (nSPS) is 13.5. The maximum atomic E-state index is 13.9. The van der Waals surface area contributed by atoms with Gasteiger partial charge in [-0.15, -0.1) is 0 Å². The largest absolute Gasteiger partial charge is 0.469 e. The molecule has 0 radical (unpaired) electrons. The Morgan fingerprint density at radius 2 is 1.68 bits per heavy atom. The Labute approximate surface area is 233 Å². The smallest absolute Gasteiger partial charge is 0.305 e. The molecule has 2 amide bonds. The van der Waals surface area contributed by atoms with E-state index in [1.54, 1.807) is 11.0 Å². The van der Waals surface area contributed by atoms with Crippen LogP contribution >= 0.6 is 0 Å². The summed E-state index contributed by atoms with van der Waals surface area (Å²) in [5.74, 6) is -1.12.